The van der Waals surface area contributed by atoms with E-state index in [-0.39, 0.29) is 5.97 Å². The Morgan fingerprint density at radius 3 is 2.72 bits per heavy atom. The van der Waals surface area contributed by atoms with Crippen molar-refractivity contribution < 1.29 is 14.3 Å². The fourth-order valence-electron chi connectivity index (χ4n) is 1.25. The summed E-state index contributed by atoms with van der Waals surface area (Å²) in [5.41, 5.74) is 5.65. The average molecular weight is 259 g/mol. The Hall–Kier alpha value is -1.30. The topological polar surface area (TPSA) is 85.9 Å². The number of hydrogen-bond acceptors (Lipinski definition) is 4. The molecule has 0 saturated carbocycles. The molecule has 0 amide bonds. The molecule has 106 valence electrons. The summed E-state index contributed by atoms with van der Waals surface area (Å²) in [6, 6.07) is 0. The molecule has 6 nitrogen and oxygen atoms in total. The second-order valence-electron chi connectivity index (χ2n) is 3.65. The van der Waals surface area contributed by atoms with E-state index in [0.717, 1.165) is 26.2 Å². The minimum absolute atomic E-state index is 0.184. The lowest BCUT2D eigenvalue weighted by Gasteiger charge is -2.05. The zero-order valence-electron chi connectivity index (χ0n) is 11.4. The quantitative estimate of drug-likeness (QED) is 0.260. The summed E-state index contributed by atoms with van der Waals surface area (Å²) in [4.78, 5) is 15.1. The van der Waals surface area contributed by atoms with E-state index in [1.807, 2.05) is 6.92 Å². The number of nitrogens with two attached hydrogens (primary N) is 1. The van der Waals surface area contributed by atoms with Gasteiger partial charge in [-0.05, 0) is 26.7 Å². The Kier molecular flexibility index (Phi) is 11.3. The molecule has 6 heteroatoms. The van der Waals surface area contributed by atoms with Crippen LogP contribution in [-0.4, -0.2) is 44.8 Å². The molecule has 0 unspecified atom stereocenters. The molecule has 0 aromatic heterocycles. The molecular formula is C12H25N3O3. The predicted molar refractivity (Wildman–Crippen MR) is 71.5 cm³/mol. The summed E-state index contributed by atoms with van der Waals surface area (Å²) >= 11 is 0. The van der Waals surface area contributed by atoms with Crippen molar-refractivity contribution in [1.29, 1.82) is 0 Å². The molecule has 0 rings (SSSR count). The van der Waals surface area contributed by atoms with Gasteiger partial charge in [0.05, 0.1) is 6.61 Å². The number of nitrogens with one attached hydrogen (secondary N) is 1. The number of guanidine groups is 1. The van der Waals surface area contributed by atoms with Crippen LogP contribution in [0.1, 0.15) is 33.1 Å². The summed E-state index contributed by atoms with van der Waals surface area (Å²) in [7, 11) is 0. The van der Waals surface area contributed by atoms with Crippen LogP contribution in [-0.2, 0) is 14.3 Å². The highest BCUT2D eigenvalue weighted by atomic mass is 16.5. The van der Waals surface area contributed by atoms with Gasteiger partial charge in [0.25, 0.3) is 0 Å². The highest BCUT2D eigenvalue weighted by molar-refractivity contribution is 5.77. The number of aliphatic imine (C=N–C) groups is 1. The van der Waals surface area contributed by atoms with Crippen LogP contribution in [0, 0.1) is 0 Å². The van der Waals surface area contributed by atoms with Crippen molar-refractivity contribution in [3.8, 4) is 0 Å². The zero-order chi connectivity index (χ0) is 13.6. The minimum atomic E-state index is -0.184. The van der Waals surface area contributed by atoms with E-state index >= 15 is 0 Å². The first-order valence-electron chi connectivity index (χ1n) is 6.47. The third-order valence-electron chi connectivity index (χ3n) is 2.10. The molecule has 0 atom stereocenters. The molecule has 18 heavy (non-hydrogen) atoms. The molecule has 3 N–H and O–H groups in total. The van der Waals surface area contributed by atoms with Crippen LogP contribution in [0.5, 0.6) is 0 Å². The molecule has 0 aliphatic rings. The standard InChI is InChI=1S/C12H25N3O3/c1-3-17-10-6-9-15-12(13)14-8-5-7-11(16)18-4-2/h3-10H2,1-2H3,(H3,13,14,15). The number of nitrogens with zero attached hydrogens (tertiary/aromatic N) is 1. The summed E-state index contributed by atoms with van der Waals surface area (Å²) in [6.07, 6.45) is 1.93. The Labute approximate surface area is 109 Å². The maximum Gasteiger partial charge on any atom is 0.305 e. The van der Waals surface area contributed by atoms with Crippen molar-refractivity contribution in [2.24, 2.45) is 10.7 Å². The number of rotatable bonds is 10. The maximum absolute atomic E-state index is 11.0. The van der Waals surface area contributed by atoms with Gasteiger partial charge in [0.1, 0.15) is 0 Å². The Bertz CT molecular complexity index is 245. The van der Waals surface area contributed by atoms with Crippen LogP contribution < -0.4 is 11.1 Å². The molecule has 0 fully saturated rings. The summed E-state index contributed by atoms with van der Waals surface area (Å²) in [5.74, 6) is 0.228. The van der Waals surface area contributed by atoms with E-state index in [2.05, 4.69) is 10.3 Å². The third-order valence-corrected chi connectivity index (χ3v) is 2.10. The lowest BCUT2D eigenvalue weighted by atomic mass is 10.3. The van der Waals surface area contributed by atoms with Crippen LogP contribution in [0.15, 0.2) is 4.99 Å². The van der Waals surface area contributed by atoms with Gasteiger partial charge in [-0.15, -0.1) is 0 Å². The Morgan fingerprint density at radius 1 is 1.28 bits per heavy atom. The van der Waals surface area contributed by atoms with E-state index in [0.29, 0.717) is 32.0 Å². The fourth-order valence-corrected chi connectivity index (χ4v) is 1.25. The highest BCUT2D eigenvalue weighted by Crippen LogP contribution is 1.93. The van der Waals surface area contributed by atoms with Gasteiger partial charge < -0.3 is 20.5 Å². The van der Waals surface area contributed by atoms with Gasteiger partial charge in [-0.1, -0.05) is 0 Å². The second-order valence-corrected chi connectivity index (χ2v) is 3.65. The van der Waals surface area contributed by atoms with Gasteiger partial charge in [0.2, 0.25) is 0 Å². The van der Waals surface area contributed by atoms with Crippen LogP contribution in [0.2, 0.25) is 0 Å². The van der Waals surface area contributed by atoms with Gasteiger partial charge in [0.15, 0.2) is 5.96 Å². The van der Waals surface area contributed by atoms with Crippen molar-refractivity contribution in [2.75, 3.05) is 32.9 Å². The highest BCUT2D eigenvalue weighted by Gasteiger charge is 2.00. The first-order valence-corrected chi connectivity index (χ1v) is 6.47. The summed E-state index contributed by atoms with van der Waals surface area (Å²) in [5, 5.41) is 2.99. The molecule has 0 aliphatic carbocycles. The van der Waals surface area contributed by atoms with Gasteiger partial charge in [-0.3, -0.25) is 9.79 Å². The van der Waals surface area contributed by atoms with Crippen molar-refractivity contribution in [3.05, 3.63) is 0 Å². The Morgan fingerprint density at radius 2 is 2.06 bits per heavy atom. The van der Waals surface area contributed by atoms with E-state index < -0.39 is 0 Å². The SMILES string of the molecule is CCOCCCNC(N)=NCCCC(=O)OCC. The molecule has 0 heterocycles. The minimum Gasteiger partial charge on any atom is -0.466 e. The molecule has 0 aliphatic heterocycles. The number of ether oxygens (including phenoxy) is 2. The average Bonchev–Trinajstić information content (AvgIpc) is 2.35. The lowest BCUT2D eigenvalue weighted by Crippen LogP contribution is -2.33. The van der Waals surface area contributed by atoms with Gasteiger partial charge >= 0.3 is 5.97 Å². The largest absolute Gasteiger partial charge is 0.466 e. The molecule has 0 radical (unpaired) electrons. The summed E-state index contributed by atoms with van der Waals surface area (Å²) in [6.45, 7) is 6.91. The molecule has 0 aromatic rings. The first kappa shape index (κ1) is 16.7. The molecule has 0 saturated heterocycles. The third kappa shape index (κ3) is 11.2. The fraction of sp³-hybridized carbons (Fsp3) is 0.833. The monoisotopic (exact) mass is 259 g/mol. The normalized spacial score (nSPS) is 11.3. The zero-order valence-corrected chi connectivity index (χ0v) is 11.4. The van der Waals surface area contributed by atoms with Crippen LogP contribution in [0.4, 0.5) is 0 Å². The van der Waals surface area contributed by atoms with Crippen LogP contribution >= 0.6 is 0 Å². The van der Waals surface area contributed by atoms with Crippen molar-refractivity contribution in [3.63, 3.8) is 0 Å². The number of esters is 1. The van der Waals surface area contributed by atoms with Crippen LogP contribution in [0.3, 0.4) is 0 Å². The molecule has 0 aromatic carbocycles. The number of carbonyl (C=O) groups excluding carboxylic acids is 1. The van der Waals surface area contributed by atoms with Crippen molar-refractivity contribution >= 4 is 11.9 Å². The second kappa shape index (κ2) is 12.2. The first-order chi connectivity index (χ1) is 8.70. The van der Waals surface area contributed by atoms with E-state index in [9.17, 15) is 4.79 Å². The van der Waals surface area contributed by atoms with E-state index in [1.165, 1.54) is 0 Å². The maximum atomic E-state index is 11.0. The summed E-state index contributed by atoms with van der Waals surface area (Å²) < 4.78 is 9.99. The van der Waals surface area contributed by atoms with E-state index in [4.69, 9.17) is 15.2 Å². The van der Waals surface area contributed by atoms with E-state index in [1.54, 1.807) is 6.92 Å². The lowest BCUT2D eigenvalue weighted by molar-refractivity contribution is -0.143. The van der Waals surface area contributed by atoms with Crippen molar-refractivity contribution in [1.82, 2.24) is 5.32 Å². The number of hydrogen-bond donors (Lipinski definition) is 2. The van der Waals surface area contributed by atoms with Crippen LogP contribution in [0.25, 0.3) is 0 Å². The van der Waals surface area contributed by atoms with Crippen molar-refractivity contribution in [2.45, 2.75) is 33.1 Å². The number of carbonyl (C=O) groups is 1. The predicted octanol–water partition coefficient (Wildman–Crippen LogP) is 0.661. The molecular weight excluding hydrogens is 234 g/mol. The van der Waals surface area contributed by atoms with Gasteiger partial charge in [-0.2, -0.15) is 0 Å². The van der Waals surface area contributed by atoms with Gasteiger partial charge in [0, 0.05) is 32.7 Å². The molecule has 0 bridgehead atoms. The Balaban J connectivity index is 3.44. The smallest absolute Gasteiger partial charge is 0.305 e. The molecule has 0 spiro atoms. The van der Waals surface area contributed by atoms with Gasteiger partial charge in [-0.25, -0.2) is 0 Å².